The van der Waals surface area contributed by atoms with Gasteiger partial charge in [0.1, 0.15) is 18.0 Å². The number of hydrogen-bond donors (Lipinski definition) is 2. The minimum Gasteiger partial charge on any atom is -0.357 e. The highest BCUT2D eigenvalue weighted by molar-refractivity contribution is 5.62. The summed E-state index contributed by atoms with van der Waals surface area (Å²) in [5.41, 5.74) is 2.20. The van der Waals surface area contributed by atoms with Gasteiger partial charge in [-0.1, -0.05) is 0 Å². The largest absolute Gasteiger partial charge is 0.357 e. The summed E-state index contributed by atoms with van der Waals surface area (Å²) in [6, 6.07) is 10.7. The molecule has 0 atom stereocenters. The van der Waals surface area contributed by atoms with Crippen molar-refractivity contribution in [2.45, 2.75) is 6.92 Å². The van der Waals surface area contributed by atoms with Crippen LogP contribution in [0.5, 0.6) is 0 Å². The van der Waals surface area contributed by atoms with Gasteiger partial charge >= 0.3 is 0 Å². The van der Waals surface area contributed by atoms with E-state index in [2.05, 4.69) is 20.6 Å². The van der Waals surface area contributed by atoms with Gasteiger partial charge in [0.15, 0.2) is 0 Å². The lowest BCUT2D eigenvalue weighted by Gasteiger charge is -2.08. The van der Waals surface area contributed by atoms with E-state index in [1.54, 1.807) is 31.3 Å². The first-order valence-corrected chi connectivity index (χ1v) is 5.91. The fourth-order valence-corrected chi connectivity index (χ4v) is 1.70. The van der Waals surface area contributed by atoms with E-state index < -0.39 is 0 Å². The zero-order valence-corrected chi connectivity index (χ0v) is 11.1. The molecule has 0 spiro atoms. The molecule has 98 valence electrons. The van der Waals surface area contributed by atoms with E-state index >= 15 is 0 Å². The number of nitrogens with one attached hydrogen (secondary N) is 2. The number of nitriles is 2. The monoisotopic (exact) mass is 264 g/mol. The molecule has 0 unspecified atom stereocenters. The lowest BCUT2D eigenvalue weighted by Crippen LogP contribution is -2.02. The van der Waals surface area contributed by atoms with E-state index in [1.807, 2.05) is 19.1 Å². The smallest absolute Gasteiger partial charge is 0.224 e. The summed E-state index contributed by atoms with van der Waals surface area (Å²) < 4.78 is 0. The molecule has 0 aliphatic carbocycles. The molecule has 2 rings (SSSR count). The highest BCUT2D eigenvalue weighted by Gasteiger charge is 2.05. The van der Waals surface area contributed by atoms with Gasteiger partial charge in [-0.15, -0.1) is 0 Å². The van der Waals surface area contributed by atoms with Crippen LogP contribution in [0.2, 0.25) is 0 Å². The maximum absolute atomic E-state index is 9.00. The Morgan fingerprint density at radius 2 is 1.80 bits per heavy atom. The Morgan fingerprint density at radius 1 is 1.05 bits per heavy atom. The van der Waals surface area contributed by atoms with Gasteiger partial charge in [0.05, 0.1) is 11.1 Å². The van der Waals surface area contributed by atoms with Gasteiger partial charge in [0.2, 0.25) is 5.95 Å². The Kier molecular flexibility index (Phi) is 3.78. The molecule has 6 nitrogen and oxygen atoms in total. The molecular formula is C14H12N6. The molecule has 2 aromatic rings. The first-order chi connectivity index (χ1) is 9.66. The van der Waals surface area contributed by atoms with E-state index in [1.165, 1.54) is 0 Å². The number of aryl methyl sites for hydroxylation is 1. The van der Waals surface area contributed by atoms with Crippen molar-refractivity contribution in [1.29, 1.82) is 10.5 Å². The molecule has 0 saturated carbocycles. The fourth-order valence-electron chi connectivity index (χ4n) is 1.70. The van der Waals surface area contributed by atoms with Crippen molar-refractivity contribution in [1.82, 2.24) is 9.97 Å². The zero-order chi connectivity index (χ0) is 14.5. The van der Waals surface area contributed by atoms with Gasteiger partial charge in [-0.3, -0.25) is 0 Å². The predicted molar refractivity (Wildman–Crippen MR) is 75.5 cm³/mol. The average molecular weight is 264 g/mol. The van der Waals surface area contributed by atoms with Crippen molar-refractivity contribution in [3.8, 4) is 12.1 Å². The maximum atomic E-state index is 9.00. The topological polar surface area (TPSA) is 97.4 Å². The van der Waals surface area contributed by atoms with Gasteiger partial charge < -0.3 is 10.6 Å². The Balaban J connectivity index is 2.33. The standard InChI is InChI=1S/C14H12N6/c1-9-5-13(20-14(17-2)18-9)19-12-4-3-10(7-15)11(6-12)8-16/h3-6H,1-2H3,(H2,17,18,19,20). The molecule has 0 aliphatic heterocycles. The van der Waals surface area contributed by atoms with Gasteiger partial charge in [-0.05, 0) is 25.1 Å². The van der Waals surface area contributed by atoms with Crippen LogP contribution in [-0.4, -0.2) is 17.0 Å². The summed E-state index contributed by atoms with van der Waals surface area (Å²) in [5.74, 6) is 1.14. The molecule has 20 heavy (non-hydrogen) atoms. The van der Waals surface area contributed by atoms with Gasteiger partial charge in [-0.25, -0.2) is 4.98 Å². The normalized spacial score (nSPS) is 9.40. The van der Waals surface area contributed by atoms with Crippen LogP contribution >= 0.6 is 0 Å². The highest BCUT2D eigenvalue weighted by Crippen LogP contribution is 2.19. The number of aromatic nitrogens is 2. The quantitative estimate of drug-likeness (QED) is 0.882. The Labute approximate surface area is 116 Å². The summed E-state index contributed by atoms with van der Waals surface area (Å²) in [7, 11) is 1.74. The number of anilines is 3. The molecule has 0 bridgehead atoms. The third kappa shape index (κ3) is 2.82. The average Bonchev–Trinajstić information content (AvgIpc) is 2.46. The van der Waals surface area contributed by atoms with Gasteiger partial charge in [-0.2, -0.15) is 15.5 Å². The van der Waals surface area contributed by atoms with Crippen molar-refractivity contribution < 1.29 is 0 Å². The second kappa shape index (κ2) is 5.68. The molecule has 0 radical (unpaired) electrons. The third-order valence-corrected chi connectivity index (χ3v) is 2.61. The minimum atomic E-state index is 0.331. The molecule has 1 aromatic carbocycles. The first-order valence-electron chi connectivity index (χ1n) is 5.91. The van der Waals surface area contributed by atoms with Crippen molar-refractivity contribution >= 4 is 17.5 Å². The van der Waals surface area contributed by atoms with Crippen LogP contribution in [-0.2, 0) is 0 Å². The number of nitrogens with zero attached hydrogens (tertiary/aromatic N) is 4. The lowest BCUT2D eigenvalue weighted by atomic mass is 10.1. The molecule has 6 heteroatoms. The number of rotatable bonds is 3. The Hall–Kier alpha value is -3.12. The summed E-state index contributed by atoms with van der Waals surface area (Å²) in [4.78, 5) is 8.46. The van der Waals surface area contributed by atoms with Crippen molar-refractivity contribution in [3.05, 3.63) is 41.1 Å². The van der Waals surface area contributed by atoms with Gasteiger partial charge in [0, 0.05) is 24.5 Å². The second-order valence-electron chi connectivity index (χ2n) is 4.08. The summed E-state index contributed by atoms with van der Waals surface area (Å²) in [6.07, 6.45) is 0. The summed E-state index contributed by atoms with van der Waals surface area (Å²) >= 11 is 0. The number of benzene rings is 1. The molecule has 0 amide bonds. The first kappa shape index (κ1) is 13.3. The van der Waals surface area contributed by atoms with Crippen molar-refractivity contribution in [3.63, 3.8) is 0 Å². The molecule has 1 aromatic heterocycles. The highest BCUT2D eigenvalue weighted by atomic mass is 15.1. The molecule has 1 heterocycles. The predicted octanol–water partition coefficient (Wildman–Crippen LogP) is 2.31. The van der Waals surface area contributed by atoms with Crippen molar-refractivity contribution in [2.24, 2.45) is 0 Å². The molecule has 0 saturated heterocycles. The number of hydrogen-bond acceptors (Lipinski definition) is 6. The van der Waals surface area contributed by atoms with E-state index in [9.17, 15) is 0 Å². The van der Waals surface area contributed by atoms with E-state index in [4.69, 9.17) is 10.5 Å². The molecular weight excluding hydrogens is 252 g/mol. The zero-order valence-electron chi connectivity index (χ0n) is 11.1. The molecule has 2 N–H and O–H groups in total. The van der Waals surface area contributed by atoms with Crippen LogP contribution in [0.15, 0.2) is 24.3 Å². The van der Waals surface area contributed by atoms with Crippen LogP contribution < -0.4 is 10.6 Å². The third-order valence-electron chi connectivity index (χ3n) is 2.61. The van der Waals surface area contributed by atoms with Crippen LogP contribution in [0.3, 0.4) is 0 Å². The molecule has 0 fully saturated rings. The van der Waals surface area contributed by atoms with E-state index in [0.717, 1.165) is 5.69 Å². The molecule has 0 aliphatic rings. The van der Waals surface area contributed by atoms with E-state index in [-0.39, 0.29) is 0 Å². The lowest BCUT2D eigenvalue weighted by molar-refractivity contribution is 1.10. The van der Waals surface area contributed by atoms with Crippen LogP contribution in [0.1, 0.15) is 16.8 Å². The van der Waals surface area contributed by atoms with Crippen LogP contribution in [0.25, 0.3) is 0 Å². The Morgan fingerprint density at radius 3 is 2.45 bits per heavy atom. The van der Waals surface area contributed by atoms with Crippen LogP contribution in [0.4, 0.5) is 17.5 Å². The SMILES string of the molecule is CNc1nc(C)cc(Nc2ccc(C#N)c(C#N)c2)n1. The summed E-state index contributed by atoms with van der Waals surface area (Å²) in [6.45, 7) is 1.87. The Bertz CT molecular complexity index is 723. The minimum absolute atomic E-state index is 0.331. The van der Waals surface area contributed by atoms with Crippen molar-refractivity contribution in [2.75, 3.05) is 17.7 Å². The maximum Gasteiger partial charge on any atom is 0.224 e. The fraction of sp³-hybridized carbons (Fsp3) is 0.143. The second-order valence-corrected chi connectivity index (χ2v) is 4.08. The summed E-state index contributed by atoms with van der Waals surface area (Å²) in [5, 5.41) is 23.9. The van der Waals surface area contributed by atoms with Gasteiger partial charge in [0.25, 0.3) is 0 Å². The van der Waals surface area contributed by atoms with Crippen LogP contribution in [0, 0.1) is 29.6 Å². The van der Waals surface area contributed by atoms with E-state index in [0.29, 0.717) is 28.6 Å².